The summed E-state index contributed by atoms with van der Waals surface area (Å²) in [6.45, 7) is 8.33. The average molecular weight is 186 g/mol. The predicted octanol–water partition coefficient (Wildman–Crippen LogP) is 1.46. The molecule has 0 bridgehead atoms. The zero-order valence-corrected chi connectivity index (χ0v) is 8.96. The summed E-state index contributed by atoms with van der Waals surface area (Å²) in [6.07, 6.45) is 1.50. The van der Waals surface area contributed by atoms with E-state index < -0.39 is 0 Å². The van der Waals surface area contributed by atoms with Gasteiger partial charge in [0.1, 0.15) is 0 Å². The molecule has 0 aromatic carbocycles. The van der Waals surface area contributed by atoms with Gasteiger partial charge in [-0.3, -0.25) is 0 Å². The highest BCUT2D eigenvalue weighted by Gasteiger charge is 2.50. The predicted molar refractivity (Wildman–Crippen MR) is 52.6 cm³/mol. The average Bonchev–Trinajstić information content (AvgIpc) is 2.17. The Hall–Kier alpha value is -0.0551. The second-order valence-corrected chi connectivity index (χ2v) is 4.55. The molecule has 1 aliphatic rings. The number of hydrogen-bond donors (Lipinski definition) is 1. The van der Waals surface area contributed by atoms with Crippen molar-refractivity contribution < 1.29 is 14.4 Å². The molecular formula is C9H19BO3. The molecule has 0 spiro atoms. The highest BCUT2D eigenvalue weighted by molar-refractivity contribution is 6.45. The summed E-state index contributed by atoms with van der Waals surface area (Å²) in [5.74, 6) is 0. The molecule has 1 fully saturated rings. The maximum Gasteiger partial charge on any atom is 0.457 e. The summed E-state index contributed by atoms with van der Waals surface area (Å²) in [6, 6.07) is 0. The third-order valence-corrected chi connectivity index (χ3v) is 2.90. The van der Waals surface area contributed by atoms with E-state index in [1.807, 2.05) is 27.7 Å². The summed E-state index contributed by atoms with van der Waals surface area (Å²) in [7, 11) is -0.155. The van der Waals surface area contributed by atoms with Gasteiger partial charge in [-0.1, -0.05) is 0 Å². The molecule has 1 N–H and O–H groups in total. The van der Waals surface area contributed by atoms with E-state index in [4.69, 9.17) is 14.4 Å². The van der Waals surface area contributed by atoms with Crippen molar-refractivity contribution in [2.45, 2.75) is 51.6 Å². The van der Waals surface area contributed by atoms with E-state index in [1.165, 1.54) is 0 Å². The molecule has 3 nitrogen and oxygen atoms in total. The largest absolute Gasteiger partial charge is 0.457 e. The Kier molecular flexibility index (Phi) is 3.05. The first kappa shape index (κ1) is 11.0. The molecule has 1 saturated heterocycles. The molecule has 0 saturated carbocycles. The number of aliphatic hydroxyl groups is 1. The summed E-state index contributed by atoms with van der Waals surface area (Å²) in [5.41, 5.74) is -0.486. The van der Waals surface area contributed by atoms with Crippen LogP contribution in [0.25, 0.3) is 0 Å². The molecule has 0 aromatic rings. The van der Waals surface area contributed by atoms with Crippen LogP contribution in [0.4, 0.5) is 0 Å². The molecule has 0 amide bonds. The second kappa shape index (κ2) is 3.60. The topological polar surface area (TPSA) is 38.7 Å². The fourth-order valence-corrected chi connectivity index (χ4v) is 1.34. The van der Waals surface area contributed by atoms with Gasteiger partial charge < -0.3 is 14.4 Å². The molecule has 0 aromatic heterocycles. The summed E-state index contributed by atoms with van der Waals surface area (Å²) < 4.78 is 11.5. The van der Waals surface area contributed by atoms with Crippen molar-refractivity contribution in [2.75, 3.05) is 6.61 Å². The lowest BCUT2D eigenvalue weighted by Gasteiger charge is -2.32. The molecule has 13 heavy (non-hydrogen) atoms. The highest BCUT2D eigenvalue weighted by atomic mass is 16.7. The van der Waals surface area contributed by atoms with E-state index >= 15 is 0 Å². The Morgan fingerprint density at radius 1 is 1.08 bits per heavy atom. The zero-order chi connectivity index (χ0) is 10.1. The van der Waals surface area contributed by atoms with E-state index in [9.17, 15) is 0 Å². The van der Waals surface area contributed by atoms with Crippen LogP contribution in [0.1, 0.15) is 34.1 Å². The Morgan fingerprint density at radius 3 is 1.92 bits per heavy atom. The molecule has 0 radical (unpaired) electrons. The second-order valence-electron chi connectivity index (χ2n) is 4.55. The van der Waals surface area contributed by atoms with Gasteiger partial charge in [0, 0.05) is 6.61 Å². The Balaban J connectivity index is 2.50. The lowest BCUT2D eigenvalue weighted by atomic mass is 9.83. The maximum atomic E-state index is 8.68. The molecule has 1 heterocycles. The fourth-order valence-electron chi connectivity index (χ4n) is 1.34. The number of hydrogen-bond acceptors (Lipinski definition) is 3. The van der Waals surface area contributed by atoms with Crippen molar-refractivity contribution >= 4 is 7.12 Å². The first-order valence-electron chi connectivity index (χ1n) is 4.85. The first-order chi connectivity index (χ1) is 5.89. The van der Waals surface area contributed by atoms with Gasteiger partial charge in [-0.15, -0.1) is 0 Å². The van der Waals surface area contributed by atoms with Crippen LogP contribution < -0.4 is 0 Å². The minimum absolute atomic E-state index is 0.155. The molecule has 1 aliphatic heterocycles. The SMILES string of the molecule is CC1(C)OB(CCCO)OC1(C)C. The summed E-state index contributed by atoms with van der Waals surface area (Å²) in [5, 5.41) is 8.68. The van der Waals surface area contributed by atoms with Gasteiger partial charge in [-0.2, -0.15) is 0 Å². The van der Waals surface area contributed by atoms with Gasteiger partial charge in [0.2, 0.25) is 0 Å². The quantitative estimate of drug-likeness (QED) is 0.678. The van der Waals surface area contributed by atoms with Crippen LogP contribution in [0.2, 0.25) is 6.32 Å². The molecular weight excluding hydrogens is 167 g/mol. The first-order valence-corrected chi connectivity index (χ1v) is 4.85. The summed E-state index contributed by atoms with van der Waals surface area (Å²) in [4.78, 5) is 0. The van der Waals surface area contributed by atoms with Gasteiger partial charge in [0.15, 0.2) is 0 Å². The monoisotopic (exact) mass is 186 g/mol. The van der Waals surface area contributed by atoms with Gasteiger partial charge in [-0.05, 0) is 40.4 Å². The highest BCUT2D eigenvalue weighted by Crippen LogP contribution is 2.37. The Bertz CT molecular complexity index is 164. The van der Waals surface area contributed by atoms with Crippen LogP contribution >= 0.6 is 0 Å². The van der Waals surface area contributed by atoms with E-state index in [-0.39, 0.29) is 24.9 Å². The normalized spacial score (nSPS) is 25.2. The lowest BCUT2D eigenvalue weighted by Crippen LogP contribution is -2.41. The number of rotatable bonds is 3. The Morgan fingerprint density at radius 2 is 1.54 bits per heavy atom. The molecule has 0 unspecified atom stereocenters. The van der Waals surface area contributed by atoms with Crippen LogP contribution in [-0.4, -0.2) is 30.0 Å². The fraction of sp³-hybridized carbons (Fsp3) is 1.00. The number of aliphatic hydroxyl groups excluding tert-OH is 1. The van der Waals surface area contributed by atoms with Gasteiger partial charge in [0.25, 0.3) is 0 Å². The van der Waals surface area contributed by atoms with E-state index in [1.54, 1.807) is 0 Å². The van der Waals surface area contributed by atoms with Crippen molar-refractivity contribution in [3.63, 3.8) is 0 Å². The standard InChI is InChI=1S/C9H19BO3/c1-8(2)9(3,4)13-10(12-8)6-5-7-11/h11H,5-7H2,1-4H3. The molecule has 76 valence electrons. The van der Waals surface area contributed by atoms with Crippen molar-refractivity contribution in [3.8, 4) is 0 Å². The van der Waals surface area contributed by atoms with Crippen LogP contribution in [0.15, 0.2) is 0 Å². The lowest BCUT2D eigenvalue weighted by molar-refractivity contribution is 0.00578. The van der Waals surface area contributed by atoms with E-state index in [0.717, 1.165) is 12.7 Å². The van der Waals surface area contributed by atoms with Crippen molar-refractivity contribution in [3.05, 3.63) is 0 Å². The molecule has 0 atom stereocenters. The Labute approximate surface area is 80.6 Å². The minimum atomic E-state index is -0.243. The maximum absolute atomic E-state index is 8.68. The van der Waals surface area contributed by atoms with Gasteiger partial charge in [0.05, 0.1) is 11.2 Å². The van der Waals surface area contributed by atoms with Crippen molar-refractivity contribution in [2.24, 2.45) is 0 Å². The van der Waals surface area contributed by atoms with Crippen LogP contribution in [0.3, 0.4) is 0 Å². The molecule has 0 aliphatic carbocycles. The summed E-state index contributed by atoms with van der Waals surface area (Å²) >= 11 is 0. The third-order valence-electron chi connectivity index (χ3n) is 2.90. The van der Waals surface area contributed by atoms with Crippen LogP contribution in [0, 0.1) is 0 Å². The van der Waals surface area contributed by atoms with Crippen LogP contribution in [-0.2, 0) is 9.31 Å². The molecule has 1 rings (SSSR count). The minimum Gasteiger partial charge on any atom is -0.403 e. The van der Waals surface area contributed by atoms with Crippen molar-refractivity contribution in [1.29, 1.82) is 0 Å². The van der Waals surface area contributed by atoms with E-state index in [0.29, 0.717) is 0 Å². The van der Waals surface area contributed by atoms with Gasteiger partial charge >= 0.3 is 7.12 Å². The van der Waals surface area contributed by atoms with Crippen molar-refractivity contribution in [1.82, 2.24) is 0 Å². The molecule has 4 heteroatoms. The smallest absolute Gasteiger partial charge is 0.403 e. The third kappa shape index (κ3) is 2.24. The van der Waals surface area contributed by atoms with E-state index in [2.05, 4.69) is 0 Å². The van der Waals surface area contributed by atoms with Crippen LogP contribution in [0.5, 0.6) is 0 Å². The zero-order valence-electron chi connectivity index (χ0n) is 8.96. The van der Waals surface area contributed by atoms with Gasteiger partial charge in [-0.25, -0.2) is 0 Å².